The topological polar surface area (TPSA) is 3.24 Å². The molecule has 0 heterocycles. The molecule has 0 amide bonds. The average molecular weight is 782 g/mol. The molecule has 9 rings (SSSR count). The first kappa shape index (κ1) is 40.3. The molecule has 0 saturated carbocycles. The van der Waals surface area contributed by atoms with E-state index in [4.69, 9.17) is 0 Å². The molecule has 0 spiro atoms. The largest absolute Gasteiger partial charge is 0.310 e. The van der Waals surface area contributed by atoms with Gasteiger partial charge in [-0.15, -0.1) is 0 Å². The zero-order chi connectivity index (χ0) is 43.1. The number of anilines is 3. The quantitative estimate of drug-likeness (QED) is 0.172. The van der Waals surface area contributed by atoms with Crippen LogP contribution in [0.2, 0.25) is 0 Å². The maximum atomic E-state index is 2.60. The van der Waals surface area contributed by atoms with Crippen molar-refractivity contribution in [3.8, 4) is 22.3 Å². The van der Waals surface area contributed by atoms with Crippen LogP contribution in [0.3, 0.4) is 0 Å². The van der Waals surface area contributed by atoms with Gasteiger partial charge in [-0.2, -0.15) is 0 Å². The van der Waals surface area contributed by atoms with Gasteiger partial charge in [0.15, 0.2) is 0 Å². The fourth-order valence-electron chi connectivity index (χ4n) is 14.0. The number of hydrogen-bond acceptors (Lipinski definition) is 1. The first-order chi connectivity index (χ1) is 27.1. The number of rotatable bonds is 5. The number of hydrogen-bond donors (Lipinski definition) is 0. The average Bonchev–Trinajstić information content (AvgIpc) is 3.52. The highest BCUT2D eigenvalue weighted by Gasteiger charge is 2.73. The molecule has 0 N–H and O–H groups in total. The van der Waals surface area contributed by atoms with Crippen molar-refractivity contribution in [3.63, 3.8) is 0 Å². The Balaban J connectivity index is 1.36. The van der Waals surface area contributed by atoms with Crippen LogP contribution < -0.4 is 4.90 Å². The van der Waals surface area contributed by atoms with E-state index in [9.17, 15) is 0 Å². The van der Waals surface area contributed by atoms with Crippen LogP contribution in [0.5, 0.6) is 0 Å². The summed E-state index contributed by atoms with van der Waals surface area (Å²) in [6, 6.07) is 39.8. The fourth-order valence-corrected chi connectivity index (χ4v) is 14.0. The van der Waals surface area contributed by atoms with Crippen molar-refractivity contribution in [1.82, 2.24) is 0 Å². The molecule has 0 fully saturated rings. The summed E-state index contributed by atoms with van der Waals surface area (Å²) in [5.74, 6) is 0. The highest BCUT2D eigenvalue weighted by Crippen LogP contribution is 2.78. The lowest BCUT2D eigenvalue weighted by molar-refractivity contribution is -0.0105. The Bertz CT molecular complexity index is 2430. The minimum atomic E-state index is -0.0169. The van der Waals surface area contributed by atoms with E-state index in [2.05, 4.69) is 233 Å². The van der Waals surface area contributed by atoms with Crippen LogP contribution in [0.4, 0.5) is 17.1 Å². The molecule has 0 saturated heterocycles. The Morgan fingerprint density at radius 3 is 0.983 bits per heavy atom. The van der Waals surface area contributed by atoms with Gasteiger partial charge >= 0.3 is 0 Å². The minimum Gasteiger partial charge on any atom is -0.310 e. The summed E-state index contributed by atoms with van der Waals surface area (Å²) < 4.78 is 0. The van der Waals surface area contributed by atoms with Crippen molar-refractivity contribution in [2.24, 2.45) is 21.7 Å². The summed E-state index contributed by atoms with van der Waals surface area (Å²) in [7, 11) is 0. The van der Waals surface area contributed by atoms with E-state index in [0.29, 0.717) is 0 Å². The molecule has 0 unspecified atom stereocenters. The van der Waals surface area contributed by atoms with Gasteiger partial charge in [-0.3, -0.25) is 0 Å². The molecule has 4 aliphatic carbocycles. The third-order valence-electron chi connectivity index (χ3n) is 21.1. The second kappa shape index (κ2) is 11.4. The van der Waals surface area contributed by atoms with E-state index >= 15 is 0 Å². The third kappa shape index (κ3) is 4.25. The van der Waals surface area contributed by atoms with Gasteiger partial charge in [0, 0.05) is 27.8 Å². The molecule has 0 aromatic heterocycles. The lowest BCUT2D eigenvalue weighted by Crippen LogP contribution is -2.55. The zero-order valence-corrected chi connectivity index (χ0v) is 39.8. The van der Waals surface area contributed by atoms with E-state index in [0.717, 1.165) is 11.4 Å². The molecule has 59 heavy (non-hydrogen) atoms. The third-order valence-corrected chi connectivity index (χ3v) is 21.1. The molecule has 0 radical (unpaired) electrons. The van der Waals surface area contributed by atoms with Gasteiger partial charge in [0.2, 0.25) is 0 Å². The van der Waals surface area contributed by atoms with Crippen molar-refractivity contribution in [2.45, 2.75) is 157 Å². The molecule has 5 aromatic carbocycles. The Hall–Kier alpha value is -4.10. The van der Waals surface area contributed by atoms with Gasteiger partial charge in [-0.05, 0) is 124 Å². The molecule has 1 nitrogen and oxygen atoms in total. The van der Waals surface area contributed by atoms with Crippen molar-refractivity contribution in [2.75, 3.05) is 4.90 Å². The lowest BCUT2D eigenvalue weighted by atomic mass is 9.47. The molecule has 0 bridgehead atoms. The normalized spacial score (nSPS) is 23.8. The van der Waals surface area contributed by atoms with Gasteiger partial charge in [0.05, 0.1) is 5.69 Å². The predicted molar refractivity (Wildman–Crippen MR) is 254 cm³/mol. The van der Waals surface area contributed by atoms with Gasteiger partial charge < -0.3 is 4.90 Å². The number of para-hydroxylation sites is 2. The summed E-state index contributed by atoms with van der Waals surface area (Å²) in [5, 5.41) is 0. The van der Waals surface area contributed by atoms with Crippen LogP contribution in [0.25, 0.3) is 22.3 Å². The van der Waals surface area contributed by atoms with Crippen molar-refractivity contribution < 1.29 is 0 Å². The van der Waals surface area contributed by atoms with Gasteiger partial charge in [-0.25, -0.2) is 0 Å². The fraction of sp³-hybridized carbons (Fsp3) is 0.483. The Kier molecular flexibility index (Phi) is 7.81. The second-order valence-corrected chi connectivity index (χ2v) is 23.9. The van der Waals surface area contributed by atoms with Crippen LogP contribution in [0.1, 0.15) is 158 Å². The first-order valence-corrected chi connectivity index (χ1v) is 22.5. The number of nitrogens with zero attached hydrogens (tertiary/aromatic N) is 1. The summed E-state index contributed by atoms with van der Waals surface area (Å²) in [6.07, 6.45) is 0. The standard InChI is InChI=1S/C58H71N/c1-49(2)42-31-37(32-43-47(42)57(17,53(49,9)10)54(11,12)50(43,3)4)36-29-30-41(46(35-36)59(39-25-21-19-22-26-39)40-27-23-20-24-28-40)38-33-44-48-45(34-38)52(7,8)56(15,16)58(48,18)55(13,14)51(44,5)6/h19-35H,1-18H3. The van der Waals surface area contributed by atoms with E-state index < -0.39 is 0 Å². The van der Waals surface area contributed by atoms with E-state index in [1.165, 1.54) is 50.2 Å². The van der Waals surface area contributed by atoms with E-state index in [1.54, 1.807) is 11.1 Å². The van der Waals surface area contributed by atoms with Crippen LogP contribution in [0.15, 0.2) is 103 Å². The van der Waals surface area contributed by atoms with Crippen molar-refractivity contribution in [3.05, 3.63) is 137 Å². The smallest absolute Gasteiger partial charge is 0.0546 e. The summed E-state index contributed by atoms with van der Waals surface area (Å²) in [4.78, 5) is 2.50. The highest BCUT2D eigenvalue weighted by atomic mass is 15.1. The molecule has 0 atom stereocenters. The van der Waals surface area contributed by atoms with E-state index in [1.807, 2.05) is 0 Å². The minimum absolute atomic E-state index is 0.00123. The SMILES string of the molecule is CC1(C)c2cc(-c3ccc(-c4cc5c6c(c4)C(C)(C)C(C)(C)C6(C)C(C)(C)C5(C)C)c(N(c4ccccc4)c4ccccc4)c3)cc3c2C(C)(C1(C)C)C(C)(C)C3(C)C. The zero-order valence-electron chi connectivity index (χ0n) is 39.8. The molecule has 0 aliphatic heterocycles. The monoisotopic (exact) mass is 782 g/mol. The second-order valence-electron chi connectivity index (χ2n) is 23.9. The predicted octanol–water partition coefficient (Wildman–Crippen LogP) is 16.3. The Morgan fingerprint density at radius 1 is 0.322 bits per heavy atom. The van der Waals surface area contributed by atoms with E-state index in [-0.39, 0.29) is 54.1 Å². The molecular formula is C58H71N. The molecule has 5 aromatic rings. The Labute approximate surface area is 358 Å². The Morgan fingerprint density at radius 2 is 0.644 bits per heavy atom. The summed E-state index contributed by atoms with van der Waals surface area (Å²) in [5.41, 5.74) is 18.3. The maximum Gasteiger partial charge on any atom is 0.0546 e. The van der Waals surface area contributed by atoms with Crippen LogP contribution in [0, 0.1) is 21.7 Å². The molecular weight excluding hydrogens is 711 g/mol. The summed E-state index contributed by atoms with van der Waals surface area (Å²) in [6.45, 7) is 45.6. The molecule has 1 heteroatoms. The van der Waals surface area contributed by atoms with Crippen LogP contribution in [-0.4, -0.2) is 0 Å². The molecule has 308 valence electrons. The summed E-state index contributed by atoms with van der Waals surface area (Å²) >= 11 is 0. The lowest BCUT2D eigenvalue weighted by Gasteiger charge is -2.56. The highest BCUT2D eigenvalue weighted by molar-refractivity contribution is 5.92. The van der Waals surface area contributed by atoms with Gasteiger partial charge in [0.1, 0.15) is 0 Å². The van der Waals surface area contributed by atoms with Crippen molar-refractivity contribution in [1.29, 1.82) is 0 Å². The van der Waals surface area contributed by atoms with Gasteiger partial charge in [0.25, 0.3) is 0 Å². The number of benzene rings is 5. The van der Waals surface area contributed by atoms with Gasteiger partial charge in [-0.1, -0.05) is 197 Å². The van der Waals surface area contributed by atoms with Crippen LogP contribution >= 0.6 is 0 Å². The molecule has 4 aliphatic rings. The maximum absolute atomic E-state index is 2.60. The van der Waals surface area contributed by atoms with Crippen LogP contribution in [-0.2, 0) is 32.5 Å². The first-order valence-electron chi connectivity index (χ1n) is 22.5. The van der Waals surface area contributed by atoms with Crippen molar-refractivity contribution >= 4 is 17.1 Å².